The molecule has 0 saturated heterocycles. The van der Waals surface area contributed by atoms with Crippen LogP contribution in [0, 0.1) is 5.82 Å². The summed E-state index contributed by atoms with van der Waals surface area (Å²) in [5.74, 6) is 0.219. The summed E-state index contributed by atoms with van der Waals surface area (Å²) in [5, 5.41) is 8.05. The minimum absolute atomic E-state index is 0.0267. The Bertz CT molecular complexity index is 893. The molecule has 0 aliphatic heterocycles. The minimum atomic E-state index is -0.285. The smallest absolute Gasteiger partial charge is 0.246 e. The second-order valence-corrected chi connectivity index (χ2v) is 5.97. The fourth-order valence-corrected chi connectivity index (χ4v) is 2.60. The van der Waals surface area contributed by atoms with Gasteiger partial charge >= 0.3 is 0 Å². The van der Waals surface area contributed by atoms with E-state index in [1.165, 1.54) is 19.2 Å². The lowest BCUT2D eigenvalue weighted by Gasteiger charge is -2.15. The summed E-state index contributed by atoms with van der Waals surface area (Å²) in [7, 11) is 1.47. The largest absolute Gasteiger partial charge is 0.491 e. The minimum Gasteiger partial charge on any atom is -0.491 e. The number of benzene rings is 2. The van der Waals surface area contributed by atoms with Gasteiger partial charge in [0.2, 0.25) is 5.91 Å². The van der Waals surface area contributed by atoms with Crippen LogP contribution < -0.4 is 10.1 Å². The highest BCUT2D eigenvalue weighted by Gasteiger charge is 2.10. The zero-order valence-electron chi connectivity index (χ0n) is 14.6. The van der Waals surface area contributed by atoms with E-state index in [1.54, 1.807) is 23.0 Å². The number of carbonyl (C=O) groups excluding carboxylic acids is 1. The van der Waals surface area contributed by atoms with Gasteiger partial charge in [-0.1, -0.05) is 0 Å². The Kier molecular flexibility index (Phi) is 5.48. The molecule has 1 atom stereocenters. The van der Waals surface area contributed by atoms with Gasteiger partial charge in [0.1, 0.15) is 24.8 Å². The van der Waals surface area contributed by atoms with Crippen LogP contribution in [0.5, 0.6) is 5.75 Å². The summed E-state index contributed by atoms with van der Waals surface area (Å²) in [5.41, 5.74) is 1.68. The zero-order valence-corrected chi connectivity index (χ0v) is 14.6. The second kappa shape index (κ2) is 7.97. The maximum atomic E-state index is 13.1. The van der Waals surface area contributed by atoms with Gasteiger partial charge in [-0.3, -0.25) is 4.79 Å². The lowest BCUT2D eigenvalue weighted by molar-refractivity contribution is -0.125. The maximum absolute atomic E-state index is 13.1. The van der Waals surface area contributed by atoms with Crippen LogP contribution >= 0.6 is 0 Å². The molecule has 1 unspecified atom stereocenters. The van der Waals surface area contributed by atoms with Gasteiger partial charge in [0.15, 0.2) is 0 Å². The molecule has 1 aromatic heterocycles. The molecular formula is C19H20FN3O3. The fourth-order valence-electron chi connectivity index (χ4n) is 2.60. The van der Waals surface area contributed by atoms with Gasteiger partial charge in [-0.15, -0.1) is 0 Å². The number of hydrogen-bond donors (Lipinski definition) is 1. The van der Waals surface area contributed by atoms with Crippen LogP contribution in [0.3, 0.4) is 0 Å². The van der Waals surface area contributed by atoms with E-state index < -0.39 is 0 Å². The van der Waals surface area contributed by atoms with Crippen molar-refractivity contribution in [1.82, 2.24) is 15.1 Å². The van der Waals surface area contributed by atoms with E-state index >= 15 is 0 Å². The van der Waals surface area contributed by atoms with Gasteiger partial charge in [0.05, 0.1) is 23.4 Å². The summed E-state index contributed by atoms with van der Waals surface area (Å²) >= 11 is 0. The number of fused-ring (bicyclic) bond motifs is 1. The van der Waals surface area contributed by atoms with Gasteiger partial charge in [-0.2, -0.15) is 5.10 Å². The molecule has 3 rings (SSSR count). The quantitative estimate of drug-likeness (QED) is 0.706. The predicted octanol–water partition coefficient (Wildman–Crippen LogP) is 2.69. The first-order valence-corrected chi connectivity index (χ1v) is 8.21. The van der Waals surface area contributed by atoms with Crippen molar-refractivity contribution >= 4 is 16.8 Å². The van der Waals surface area contributed by atoms with E-state index in [4.69, 9.17) is 9.47 Å². The molecule has 0 aliphatic rings. The third-order valence-electron chi connectivity index (χ3n) is 3.79. The van der Waals surface area contributed by atoms with E-state index in [-0.39, 0.29) is 24.4 Å². The van der Waals surface area contributed by atoms with Crippen LogP contribution in [0.1, 0.15) is 6.92 Å². The van der Waals surface area contributed by atoms with Crippen molar-refractivity contribution in [2.75, 3.05) is 20.3 Å². The van der Waals surface area contributed by atoms with Gasteiger partial charge in [-0.25, -0.2) is 9.07 Å². The lowest BCUT2D eigenvalue weighted by Crippen LogP contribution is -2.38. The molecule has 136 valence electrons. The Morgan fingerprint density at radius 3 is 2.77 bits per heavy atom. The summed E-state index contributed by atoms with van der Waals surface area (Å²) in [6.45, 7) is 2.23. The first kappa shape index (κ1) is 17.9. The SMILES string of the molecule is COCC(=O)NC(C)COc1ccc2c(cnn2-c2ccc(F)cc2)c1. The Morgan fingerprint density at radius 2 is 2.04 bits per heavy atom. The molecular weight excluding hydrogens is 337 g/mol. The summed E-state index contributed by atoms with van der Waals surface area (Å²) in [6.07, 6.45) is 1.73. The average Bonchev–Trinajstić information content (AvgIpc) is 3.04. The molecule has 0 bridgehead atoms. The van der Waals surface area contributed by atoms with Gasteiger partial charge in [0.25, 0.3) is 0 Å². The van der Waals surface area contributed by atoms with Crippen LogP contribution in [0.2, 0.25) is 0 Å². The highest BCUT2D eigenvalue weighted by Crippen LogP contribution is 2.23. The highest BCUT2D eigenvalue weighted by molar-refractivity contribution is 5.81. The molecule has 0 fully saturated rings. The first-order valence-electron chi connectivity index (χ1n) is 8.21. The molecule has 1 heterocycles. The molecule has 0 saturated carbocycles. The van der Waals surface area contributed by atoms with Crippen molar-refractivity contribution in [3.63, 3.8) is 0 Å². The normalized spacial score (nSPS) is 12.1. The van der Waals surface area contributed by atoms with Crippen LogP contribution in [-0.4, -0.2) is 42.1 Å². The number of amides is 1. The Balaban J connectivity index is 1.68. The third-order valence-corrected chi connectivity index (χ3v) is 3.79. The number of halogens is 1. The van der Waals surface area contributed by atoms with Crippen LogP contribution in [0.4, 0.5) is 4.39 Å². The predicted molar refractivity (Wildman–Crippen MR) is 96.0 cm³/mol. The van der Waals surface area contributed by atoms with Crippen molar-refractivity contribution in [2.45, 2.75) is 13.0 Å². The molecule has 0 spiro atoms. The highest BCUT2D eigenvalue weighted by atomic mass is 19.1. The summed E-state index contributed by atoms with van der Waals surface area (Å²) in [6, 6.07) is 11.6. The van der Waals surface area contributed by atoms with E-state index in [1.807, 2.05) is 25.1 Å². The monoisotopic (exact) mass is 357 g/mol. The lowest BCUT2D eigenvalue weighted by atomic mass is 10.2. The molecule has 7 heteroatoms. The number of rotatable bonds is 7. The van der Waals surface area contributed by atoms with E-state index in [2.05, 4.69) is 10.4 Å². The standard InChI is InChI=1S/C19H20FN3O3/c1-13(22-19(24)12-25-2)11-26-17-7-8-18-14(9-17)10-21-23(18)16-5-3-15(20)4-6-16/h3-10,13H,11-12H2,1-2H3,(H,22,24). The number of carbonyl (C=O) groups is 1. The maximum Gasteiger partial charge on any atom is 0.246 e. The number of ether oxygens (including phenoxy) is 2. The molecule has 2 aromatic carbocycles. The topological polar surface area (TPSA) is 65.4 Å². The Hall–Kier alpha value is -2.93. The van der Waals surface area contributed by atoms with Gasteiger partial charge in [0, 0.05) is 12.5 Å². The van der Waals surface area contributed by atoms with Crippen molar-refractivity contribution < 1.29 is 18.7 Å². The van der Waals surface area contributed by atoms with E-state index in [0.29, 0.717) is 12.4 Å². The molecule has 3 aromatic rings. The summed E-state index contributed by atoms with van der Waals surface area (Å²) < 4.78 is 25.4. The van der Waals surface area contributed by atoms with E-state index in [9.17, 15) is 9.18 Å². The number of methoxy groups -OCH3 is 1. The molecule has 0 radical (unpaired) electrons. The average molecular weight is 357 g/mol. The number of aromatic nitrogens is 2. The van der Waals surface area contributed by atoms with Crippen molar-refractivity contribution in [3.8, 4) is 11.4 Å². The summed E-state index contributed by atoms with van der Waals surface area (Å²) in [4.78, 5) is 11.5. The van der Waals surface area contributed by atoms with Crippen LogP contribution in [-0.2, 0) is 9.53 Å². The zero-order chi connectivity index (χ0) is 18.5. The van der Waals surface area contributed by atoms with Crippen molar-refractivity contribution in [3.05, 3.63) is 54.5 Å². The molecule has 0 aliphatic carbocycles. The Labute approximate surface area is 150 Å². The van der Waals surface area contributed by atoms with Crippen LogP contribution in [0.15, 0.2) is 48.7 Å². The van der Waals surface area contributed by atoms with Crippen LogP contribution in [0.25, 0.3) is 16.6 Å². The molecule has 6 nitrogen and oxygen atoms in total. The van der Waals surface area contributed by atoms with Gasteiger partial charge < -0.3 is 14.8 Å². The van der Waals surface area contributed by atoms with Crippen molar-refractivity contribution in [2.24, 2.45) is 0 Å². The first-order chi connectivity index (χ1) is 12.6. The Morgan fingerprint density at radius 1 is 1.27 bits per heavy atom. The number of nitrogens with one attached hydrogen (secondary N) is 1. The van der Waals surface area contributed by atoms with Gasteiger partial charge in [-0.05, 0) is 49.4 Å². The number of nitrogens with zero attached hydrogens (tertiary/aromatic N) is 2. The second-order valence-electron chi connectivity index (χ2n) is 5.97. The molecule has 26 heavy (non-hydrogen) atoms. The van der Waals surface area contributed by atoms with Crippen molar-refractivity contribution in [1.29, 1.82) is 0 Å². The number of hydrogen-bond acceptors (Lipinski definition) is 4. The third kappa shape index (κ3) is 4.18. The van der Waals surface area contributed by atoms with E-state index in [0.717, 1.165) is 16.6 Å². The molecule has 1 N–H and O–H groups in total. The molecule has 1 amide bonds. The fraction of sp³-hybridized carbons (Fsp3) is 0.263.